The highest BCUT2D eigenvalue weighted by Crippen LogP contribution is 2.32. The van der Waals surface area contributed by atoms with Crippen LogP contribution < -0.4 is 0 Å². The van der Waals surface area contributed by atoms with Crippen LogP contribution in [0.2, 0.25) is 0 Å². The Kier molecular flexibility index (Phi) is 5.52. The summed E-state index contributed by atoms with van der Waals surface area (Å²) >= 11 is 0. The first-order valence-corrected chi connectivity index (χ1v) is 7.97. The lowest BCUT2D eigenvalue weighted by atomic mass is 9.99. The maximum absolute atomic E-state index is 13.4. The summed E-state index contributed by atoms with van der Waals surface area (Å²) in [6.07, 6.45) is -3.70. The second-order valence-corrected chi connectivity index (χ2v) is 6.57. The van der Waals surface area contributed by atoms with Gasteiger partial charge in [-0.3, -0.25) is 4.79 Å². The van der Waals surface area contributed by atoms with Crippen molar-refractivity contribution in [2.75, 3.05) is 26.7 Å². The van der Waals surface area contributed by atoms with Crippen LogP contribution >= 0.6 is 0 Å². The maximum atomic E-state index is 13.4. The monoisotopic (exact) mass is 346 g/mol. The van der Waals surface area contributed by atoms with Crippen LogP contribution in [-0.2, 0) is 6.18 Å². The average molecular weight is 346 g/mol. The van der Waals surface area contributed by atoms with Crippen molar-refractivity contribution in [3.05, 3.63) is 35.1 Å². The van der Waals surface area contributed by atoms with E-state index in [2.05, 4.69) is 4.90 Å². The molecular formula is C17H22F4N2O. The fourth-order valence-electron chi connectivity index (χ4n) is 2.84. The zero-order chi connectivity index (χ0) is 18.1. The molecule has 1 heterocycles. The van der Waals surface area contributed by atoms with Gasteiger partial charge in [0.25, 0.3) is 5.91 Å². The van der Waals surface area contributed by atoms with Gasteiger partial charge in [-0.25, -0.2) is 4.39 Å². The molecule has 0 bridgehead atoms. The van der Waals surface area contributed by atoms with Crippen LogP contribution in [0.5, 0.6) is 0 Å². The molecule has 3 nitrogen and oxygen atoms in total. The van der Waals surface area contributed by atoms with Crippen molar-refractivity contribution in [1.29, 1.82) is 0 Å². The summed E-state index contributed by atoms with van der Waals surface area (Å²) < 4.78 is 51.9. The van der Waals surface area contributed by atoms with Crippen molar-refractivity contribution in [3.63, 3.8) is 0 Å². The number of hydrogen-bond donors (Lipinski definition) is 0. The van der Waals surface area contributed by atoms with Gasteiger partial charge in [0.15, 0.2) is 0 Å². The van der Waals surface area contributed by atoms with Gasteiger partial charge in [0.05, 0.1) is 5.56 Å². The number of benzene rings is 1. The van der Waals surface area contributed by atoms with E-state index >= 15 is 0 Å². The molecule has 1 aliphatic heterocycles. The molecule has 0 radical (unpaired) electrons. The molecule has 1 fully saturated rings. The SMILES string of the molecule is CC(C)[C@@H](CN1CCC1)N(C)C(=O)c1ccc(F)c(C(F)(F)F)c1. The third-order valence-corrected chi connectivity index (χ3v) is 4.50. The minimum Gasteiger partial charge on any atom is -0.337 e. The second kappa shape index (κ2) is 7.09. The van der Waals surface area contributed by atoms with Crippen molar-refractivity contribution in [3.8, 4) is 0 Å². The summed E-state index contributed by atoms with van der Waals surface area (Å²) in [6, 6.07) is 2.28. The summed E-state index contributed by atoms with van der Waals surface area (Å²) in [7, 11) is 1.59. The molecule has 24 heavy (non-hydrogen) atoms. The normalized spacial score (nSPS) is 16.8. The summed E-state index contributed by atoms with van der Waals surface area (Å²) in [5.74, 6) is -1.75. The number of nitrogens with zero attached hydrogens (tertiary/aromatic N) is 2. The zero-order valence-corrected chi connectivity index (χ0v) is 14.0. The number of alkyl halides is 3. The number of likely N-dealkylation sites (N-methyl/N-ethyl adjacent to an activating group) is 1. The number of carbonyl (C=O) groups excluding carboxylic acids is 1. The number of rotatable bonds is 5. The number of hydrogen-bond acceptors (Lipinski definition) is 2. The van der Waals surface area contributed by atoms with Gasteiger partial charge < -0.3 is 9.80 Å². The van der Waals surface area contributed by atoms with Crippen LogP contribution in [-0.4, -0.2) is 48.4 Å². The molecule has 1 amide bonds. The first kappa shape index (κ1) is 18.7. The van der Waals surface area contributed by atoms with E-state index in [1.54, 1.807) is 7.05 Å². The number of halogens is 4. The minimum atomic E-state index is -4.83. The van der Waals surface area contributed by atoms with Crippen LogP contribution in [0.1, 0.15) is 36.2 Å². The molecular weight excluding hydrogens is 324 g/mol. The van der Waals surface area contributed by atoms with Gasteiger partial charge in [-0.05, 0) is 43.6 Å². The van der Waals surface area contributed by atoms with Gasteiger partial charge in [-0.15, -0.1) is 0 Å². The quantitative estimate of drug-likeness (QED) is 0.760. The predicted molar refractivity (Wildman–Crippen MR) is 83.2 cm³/mol. The smallest absolute Gasteiger partial charge is 0.337 e. The fraction of sp³-hybridized carbons (Fsp3) is 0.588. The molecule has 2 rings (SSSR count). The number of likely N-dealkylation sites (tertiary alicyclic amines) is 1. The Morgan fingerprint density at radius 2 is 1.92 bits per heavy atom. The molecule has 1 saturated heterocycles. The van der Waals surface area contributed by atoms with Gasteiger partial charge in [0, 0.05) is 25.2 Å². The van der Waals surface area contributed by atoms with Gasteiger partial charge in [-0.2, -0.15) is 13.2 Å². The maximum Gasteiger partial charge on any atom is 0.419 e. The number of carbonyl (C=O) groups is 1. The average Bonchev–Trinajstić information content (AvgIpc) is 2.43. The van der Waals surface area contributed by atoms with Gasteiger partial charge in [-0.1, -0.05) is 13.8 Å². The zero-order valence-electron chi connectivity index (χ0n) is 14.0. The van der Waals surface area contributed by atoms with Gasteiger partial charge in [0.2, 0.25) is 0 Å². The van der Waals surface area contributed by atoms with Gasteiger partial charge in [0.1, 0.15) is 5.82 Å². The Hall–Kier alpha value is -1.63. The van der Waals surface area contributed by atoms with Gasteiger partial charge >= 0.3 is 6.18 Å². The molecule has 0 N–H and O–H groups in total. The Bertz CT molecular complexity index is 597. The molecule has 0 unspecified atom stereocenters. The minimum absolute atomic E-state index is 0.114. The van der Waals surface area contributed by atoms with Crippen molar-refractivity contribution in [2.45, 2.75) is 32.5 Å². The molecule has 1 aromatic carbocycles. The fourth-order valence-corrected chi connectivity index (χ4v) is 2.84. The van der Waals surface area contributed by atoms with Crippen LogP contribution in [0, 0.1) is 11.7 Å². The largest absolute Gasteiger partial charge is 0.419 e. The second-order valence-electron chi connectivity index (χ2n) is 6.57. The lowest BCUT2D eigenvalue weighted by Crippen LogP contribution is -2.51. The molecule has 1 aromatic rings. The molecule has 0 spiro atoms. The highest BCUT2D eigenvalue weighted by Gasteiger charge is 2.35. The Morgan fingerprint density at radius 3 is 2.38 bits per heavy atom. The van der Waals surface area contributed by atoms with Crippen LogP contribution in [0.3, 0.4) is 0 Å². The molecule has 7 heteroatoms. The van der Waals surface area contributed by atoms with Crippen molar-refractivity contribution >= 4 is 5.91 Å². The lowest BCUT2D eigenvalue weighted by Gasteiger charge is -2.39. The lowest BCUT2D eigenvalue weighted by molar-refractivity contribution is -0.140. The van der Waals surface area contributed by atoms with E-state index in [0.29, 0.717) is 18.7 Å². The van der Waals surface area contributed by atoms with Crippen molar-refractivity contribution in [1.82, 2.24) is 9.80 Å². The molecule has 1 atom stereocenters. The van der Waals surface area contributed by atoms with Crippen LogP contribution in [0.25, 0.3) is 0 Å². The highest BCUT2D eigenvalue weighted by atomic mass is 19.4. The van der Waals surface area contributed by atoms with E-state index in [1.165, 1.54) is 4.90 Å². The summed E-state index contributed by atoms with van der Waals surface area (Å²) in [5.41, 5.74) is -1.56. The summed E-state index contributed by atoms with van der Waals surface area (Å²) in [4.78, 5) is 16.3. The topological polar surface area (TPSA) is 23.6 Å². The third kappa shape index (κ3) is 4.06. The Labute approximate surface area is 139 Å². The summed E-state index contributed by atoms with van der Waals surface area (Å²) in [6.45, 7) is 6.58. The van der Waals surface area contributed by atoms with E-state index in [4.69, 9.17) is 0 Å². The molecule has 0 aliphatic carbocycles. The van der Waals surface area contributed by atoms with Crippen LogP contribution in [0.4, 0.5) is 17.6 Å². The first-order valence-electron chi connectivity index (χ1n) is 7.97. The van der Waals surface area contributed by atoms with E-state index < -0.39 is 23.5 Å². The Balaban J connectivity index is 2.22. The molecule has 0 saturated carbocycles. The number of amides is 1. The van der Waals surface area contributed by atoms with E-state index in [0.717, 1.165) is 25.6 Å². The van der Waals surface area contributed by atoms with Crippen molar-refractivity contribution in [2.24, 2.45) is 5.92 Å². The predicted octanol–water partition coefficient (Wildman–Crippen LogP) is 3.65. The van der Waals surface area contributed by atoms with Crippen LogP contribution in [0.15, 0.2) is 18.2 Å². The van der Waals surface area contributed by atoms with Crippen molar-refractivity contribution < 1.29 is 22.4 Å². The van der Waals surface area contributed by atoms with E-state index in [1.807, 2.05) is 13.8 Å². The molecule has 1 aliphatic rings. The summed E-state index contributed by atoms with van der Waals surface area (Å²) in [5, 5.41) is 0. The van der Waals surface area contributed by atoms with E-state index in [-0.39, 0.29) is 17.5 Å². The molecule has 134 valence electrons. The Morgan fingerprint density at radius 1 is 1.29 bits per heavy atom. The molecule has 0 aromatic heterocycles. The van der Waals surface area contributed by atoms with E-state index in [9.17, 15) is 22.4 Å². The first-order chi connectivity index (χ1) is 11.1. The third-order valence-electron chi connectivity index (χ3n) is 4.50. The standard InChI is InChI=1S/C17H22F4N2O/c1-11(2)15(10-23-7-4-8-23)22(3)16(24)12-5-6-14(18)13(9-12)17(19,20)21/h5-6,9,11,15H,4,7-8,10H2,1-3H3/t15-/m1/s1. The highest BCUT2D eigenvalue weighted by molar-refractivity contribution is 5.94.